The topological polar surface area (TPSA) is 57.2 Å². The first-order valence-corrected chi connectivity index (χ1v) is 6.39. The van der Waals surface area contributed by atoms with Crippen LogP contribution in [0, 0.1) is 0 Å². The summed E-state index contributed by atoms with van der Waals surface area (Å²) in [7, 11) is 4.66. The number of aliphatic hydroxyl groups excluding tert-OH is 1. The Morgan fingerprint density at radius 2 is 1.38 bits per heavy atom. The van der Waals surface area contributed by atoms with E-state index in [1.807, 2.05) is 0 Å². The van der Waals surface area contributed by atoms with Gasteiger partial charge in [0.15, 0.2) is 11.5 Å². The predicted octanol–water partition coefficient (Wildman–Crippen LogP) is 3.00. The molecule has 0 fully saturated rings. The van der Waals surface area contributed by atoms with Gasteiger partial charge in [0, 0.05) is 12.1 Å². The molecule has 0 unspecified atom stereocenters. The van der Waals surface area contributed by atoms with Gasteiger partial charge in [0.25, 0.3) is 0 Å². The lowest BCUT2D eigenvalue weighted by molar-refractivity contribution is 0.281. The third kappa shape index (κ3) is 3.38. The van der Waals surface area contributed by atoms with Gasteiger partial charge in [0.05, 0.1) is 27.9 Å². The fraction of sp³-hybridized carbons (Fsp3) is 0.250. The minimum absolute atomic E-state index is 0.00443. The number of hydrogen-bond acceptors (Lipinski definition) is 5. The standard InChI is InChI=1S/C16H18O5/c1-18-14-8-13(9-15(19-2)16(14)20-3)21-12-6-4-11(10-17)5-7-12/h4-9,17H,10H2,1-3H3. The molecule has 0 saturated carbocycles. The molecule has 0 saturated heterocycles. The van der Waals surface area contributed by atoms with Crippen molar-refractivity contribution in [1.82, 2.24) is 0 Å². The molecule has 0 spiro atoms. The lowest BCUT2D eigenvalue weighted by Gasteiger charge is -2.14. The maximum Gasteiger partial charge on any atom is 0.203 e. The van der Waals surface area contributed by atoms with Crippen LogP contribution in [0.3, 0.4) is 0 Å². The van der Waals surface area contributed by atoms with Crippen LogP contribution in [-0.2, 0) is 6.61 Å². The number of ether oxygens (including phenoxy) is 4. The van der Waals surface area contributed by atoms with Crippen molar-refractivity contribution in [1.29, 1.82) is 0 Å². The molecule has 2 rings (SSSR count). The van der Waals surface area contributed by atoms with Crippen molar-refractivity contribution in [2.75, 3.05) is 21.3 Å². The first kappa shape index (κ1) is 15.0. The van der Waals surface area contributed by atoms with Crippen molar-refractivity contribution in [3.8, 4) is 28.7 Å². The molecule has 0 aromatic heterocycles. The molecular formula is C16H18O5. The molecule has 0 radical (unpaired) electrons. The van der Waals surface area contributed by atoms with Crippen LogP contribution in [0.2, 0.25) is 0 Å². The zero-order valence-electron chi connectivity index (χ0n) is 12.3. The van der Waals surface area contributed by atoms with E-state index in [1.165, 1.54) is 0 Å². The van der Waals surface area contributed by atoms with E-state index in [0.717, 1.165) is 5.56 Å². The van der Waals surface area contributed by atoms with Crippen LogP contribution >= 0.6 is 0 Å². The summed E-state index contributed by atoms with van der Waals surface area (Å²) >= 11 is 0. The Labute approximate surface area is 123 Å². The molecular weight excluding hydrogens is 272 g/mol. The Hall–Kier alpha value is -2.40. The Morgan fingerprint density at radius 1 is 0.810 bits per heavy atom. The third-order valence-electron chi connectivity index (χ3n) is 2.98. The van der Waals surface area contributed by atoms with Crippen LogP contribution < -0.4 is 18.9 Å². The highest BCUT2D eigenvalue weighted by atomic mass is 16.5. The number of hydrogen-bond donors (Lipinski definition) is 1. The molecule has 2 aromatic carbocycles. The smallest absolute Gasteiger partial charge is 0.203 e. The Kier molecular flexibility index (Phi) is 4.90. The quantitative estimate of drug-likeness (QED) is 0.886. The minimum Gasteiger partial charge on any atom is -0.493 e. The molecule has 0 bridgehead atoms. The molecule has 0 aliphatic rings. The average Bonchev–Trinajstić information content (AvgIpc) is 2.54. The van der Waals surface area contributed by atoms with Gasteiger partial charge in [-0.2, -0.15) is 0 Å². The molecule has 5 heteroatoms. The van der Waals surface area contributed by atoms with Crippen molar-refractivity contribution in [3.05, 3.63) is 42.0 Å². The predicted molar refractivity (Wildman–Crippen MR) is 78.5 cm³/mol. The van der Waals surface area contributed by atoms with E-state index in [0.29, 0.717) is 28.7 Å². The summed E-state index contributed by atoms with van der Waals surface area (Å²) in [6.07, 6.45) is 0. The van der Waals surface area contributed by atoms with Crippen LogP contribution in [0.4, 0.5) is 0 Å². The van der Waals surface area contributed by atoms with Crippen molar-refractivity contribution in [3.63, 3.8) is 0 Å². The van der Waals surface area contributed by atoms with E-state index in [2.05, 4.69) is 0 Å². The largest absolute Gasteiger partial charge is 0.493 e. The molecule has 5 nitrogen and oxygen atoms in total. The van der Waals surface area contributed by atoms with Crippen LogP contribution in [0.25, 0.3) is 0 Å². The molecule has 0 atom stereocenters. The summed E-state index contributed by atoms with van der Waals surface area (Å²) in [4.78, 5) is 0. The highest BCUT2D eigenvalue weighted by molar-refractivity contribution is 5.56. The fourth-order valence-corrected chi connectivity index (χ4v) is 1.91. The first-order valence-electron chi connectivity index (χ1n) is 6.39. The summed E-state index contributed by atoms with van der Waals surface area (Å²) in [6.45, 7) is 0.00443. The summed E-state index contributed by atoms with van der Waals surface area (Å²) in [5, 5.41) is 9.02. The van der Waals surface area contributed by atoms with Gasteiger partial charge in [0.1, 0.15) is 11.5 Å². The zero-order valence-corrected chi connectivity index (χ0v) is 12.3. The monoisotopic (exact) mass is 290 g/mol. The van der Waals surface area contributed by atoms with Gasteiger partial charge in [-0.15, -0.1) is 0 Å². The Balaban J connectivity index is 2.30. The lowest BCUT2D eigenvalue weighted by atomic mass is 10.2. The molecule has 0 aliphatic carbocycles. The van der Waals surface area contributed by atoms with E-state index in [9.17, 15) is 0 Å². The van der Waals surface area contributed by atoms with Crippen LogP contribution in [0.1, 0.15) is 5.56 Å². The Bertz CT molecular complexity index is 567. The number of benzene rings is 2. The van der Waals surface area contributed by atoms with Gasteiger partial charge in [-0.25, -0.2) is 0 Å². The molecule has 2 aromatic rings. The second kappa shape index (κ2) is 6.85. The van der Waals surface area contributed by atoms with Gasteiger partial charge in [0.2, 0.25) is 5.75 Å². The zero-order chi connectivity index (χ0) is 15.2. The minimum atomic E-state index is 0.00443. The average molecular weight is 290 g/mol. The normalized spacial score (nSPS) is 10.1. The lowest BCUT2D eigenvalue weighted by Crippen LogP contribution is -1.96. The molecule has 112 valence electrons. The number of aliphatic hydroxyl groups is 1. The highest BCUT2D eigenvalue weighted by Crippen LogP contribution is 2.41. The highest BCUT2D eigenvalue weighted by Gasteiger charge is 2.14. The van der Waals surface area contributed by atoms with E-state index in [1.54, 1.807) is 57.7 Å². The van der Waals surface area contributed by atoms with Gasteiger partial charge >= 0.3 is 0 Å². The van der Waals surface area contributed by atoms with E-state index in [-0.39, 0.29) is 6.61 Å². The summed E-state index contributed by atoms with van der Waals surface area (Å²) in [5.74, 6) is 2.79. The molecule has 21 heavy (non-hydrogen) atoms. The second-order valence-electron chi connectivity index (χ2n) is 4.27. The van der Waals surface area contributed by atoms with Crippen LogP contribution in [0.5, 0.6) is 28.7 Å². The third-order valence-corrected chi connectivity index (χ3v) is 2.98. The van der Waals surface area contributed by atoms with Crippen molar-refractivity contribution in [2.24, 2.45) is 0 Å². The van der Waals surface area contributed by atoms with Gasteiger partial charge in [-0.3, -0.25) is 0 Å². The summed E-state index contributed by atoms with van der Waals surface area (Å²) in [5.41, 5.74) is 0.826. The van der Waals surface area contributed by atoms with E-state index < -0.39 is 0 Å². The molecule has 0 aliphatic heterocycles. The first-order chi connectivity index (χ1) is 10.2. The van der Waals surface area contributed by atoms with Crippen LogP contribution in [-0.4, -0.2) is 26.4 Å². The van der Waals surface area contributed by atoms with Gasteiger partial charge in [-0.05, 0) is 17.7 Å². The SMILES string of the molecule is COc1cc(Oc2ccc(CO)cc2)cc(OC)c1OC. The van der Waals surface area contributed by atoms with E-state index >= 15 is 0 Å². The summed E-state index contributed by atoms with van der Waals surface area (Å²) < 4.78 is 21.6. The second-order valence-corrected chi connectivity index (χ2v) is 4.27. The van der Waals surface area contributed by atoms with Crippen molar-refractivity contribution < 1.29 is 24.1 Å². The maximum absolute atomic E-state index is 9.02. The molecule has 0 heterocycles. The van der Waals surface area contributed by atoms with Gasteiger partial charge < -0.3 is 24.1 Å². The van der Waals surface area contributed by atoms with Crippen molar-refractivity contribution >= 4 is 0 Å². The van der Waals surface area contributed by atoms with E-state index in [4.69, 9.17) is 24.1 Å². The number of methoxy groups -OCH3 is 3. The van der Waals surface area contributed by atoms with Crippen LogP contribution in [0.15, 0.2) is 36.4 Å². The van der Waals surface area contributed by atoms with Crippen molar-refractivity contribution in [2.45, 2.75) is 6.61 Å². The number of rotatable bonds is 6. The fourth-order valence-electron chi connectivity index (χ4n) is 1.91. The molecule has 0 amide bonds. The maximum atomic E-state index is 9.02. The summed E-state index contributed by atoms with van der Waals surface area (Å²) in [6, 6.07) is 10.6. The molecule has 1 N–H and O–H groups in total. The van der Waals surface area contributed by atoms with Gasteiger partial charge in [-0.1, -0.05) is 12.1 Å². The Morgan fingerprint density at radius 3 is 1.81 bits per heavy atom.